The number of carbonyl (C=O) groups is 2. The molecule has 0 aromatic heterocycles. The second-order valence-corrected chi connectivity index (χ2v) is 16.0. The van der Waals surface area contributed by atoms with Crippen LogP contribution in [0.15, 0.2) is 17.3 Å². The van der Waals surface area contributed by atoms with Crippen LogP contribution in [-0.4, -0.2) is 31.2 Å². The van der Waals surface area contributed by atoms with Crippen LogP contribution in [0.1, 0.15) is 113 Å². The van der Waals surface area contributed by atoms with E-state index in [0.717, 1.165) is 44.1 Å². The van der Waals surface area contributed by atoms with Crippen molar-refractivity contribution in [2.24, 2.45) is 61.8 Å². The van der Waals surface area contributed by atoms with Gasteiger partial charge in [-0.1, -0.05) is 51.9 Å². The second-order valence-electron chi connectivity index (χ2n) is 16.0. The molecule has 5 saturated carbocycles. The van der Waals surface area contributed by atoms with Crippen molar-refractivity contribution in [1.82, 2.24) is 0 Å². The predicted molar refractivity (Wildman–Crippen MR) is 159 cm³/mol. The van der Waals surface area contributed by atoms with Gasteiger partial charge in [0.05, 0.1) is 6.61 Å². The average molecular weight is 568 g/mol. The van der Waals surface area contributed by atoms with Gasteiger partial charge in [0.1, 0.15) is 6.10 Å². The summed E-state index contributed by atoms with van der Waals surface area (Å²) in [6, 6.07) is 0. The summed E-state index contributed by atoms with van der Waals surface area (Å²) in [6.45, 7) is 20.9. The molecule has 0 amide bonds. The van der Waals surface area contributed by atoms with Crippen LogP contribution in [0.4, 0.5) is 0 Å². The minimum atomic E-state index is -0.197. The number of carbonyl (C=O) groups excluding carboxylic acids is 2. The van der Waals surface area contributed by atoms with Crippen LogP contribution in [0.3, 0.4) is 0 Å². The van der Waals surface area contributed by atoms with E-state index in [1.165, 1.54) is 32.6 Å². The quantitative estimate of drug-likeness (QED) is 0.106. The molecule has 0 N–H and O–H groups in total. The first-order valence-corrected chi connectivity index (χ1v) is 16.2. The van der Waals surface area contributed by atoms with Gasteiger partial charge in [-0.2, -0.15) is 0 Å². The van der Waals surface area contributed by atoms with Gasteiger partial charge in [-0.3, -0.25) is 9.59 Å². The third-order valence-electron chi connectivity index (χ3n) is 14.3. The predicted octanol–water partition coefficient (Wildman–Crippen LogP) is 8.43. The van der Waals surface area contributed by atoms with E-state index in [-0.39, 0.29) is 45.1 Å². The number of nitrogens with zero attached hydrogens (tertiary/aromatic N) is 3. The summed E-state index contributed by atoms with van der Waals surface area (Å²) in [4.78, 5) is 27.0. The molecular weight excluding hydrogens is 514 g/mol. The molecular formula is C34H53N3O4. The molecule has 0 spiro atoms. The summed E-state index contributed by atoms with van der Waals surface area (Å²) >= 11 is 0. The number of azide groups is 1. The van der Waals surface area contributed by atoms with Crippen LogP contribution in [0, 0.1) is 56.7 Å². The van der Waals surface area contributed by atoms with Gasteiger partial charge in [-0.05, 0) is 116 Å². The maximum atomic E-state index is 12.0. The number of esters is 2. The molecule has 10 atom stereocenters. The van der Waals surface area contributed by atoms with Crippen LogP contribution in [-0.2, 0) is 19.1 Å². The van der Waals surface area contributed by atoms with Crippen molar-refractivity contribution in [2.75, 3.05) is 13.2 Å². The molecule has 0 radical (unpaired) electrons. The van der Waals surface area contributed by atoms with E-state index in [0.29, 0.717) is 42.7 Å². The summed E-state index contributed by atoms with van der Waals surface area (Å²) < 4.78 is 11.7. The number of fused-ring (bicyclic) bond motifs is 7. The molecule has 41 heavy (non-hydrogen) atoms. The first kappa shape index (κ1) is 30.4. The zero-order valence-corrected chi connectivity index (χ0v) is 26.6. The topological polar surface area (TPSA) is 101 Å². The van der Waals surface area contributed by atoms with E-state index in [4.69, 9.17) is 15.0 Å². The summed E-state index contributed by atoms with van der Waals surface area (Å²) in [5.41, 5.74) is 10.6. The highest BCUT2D eigenvalue weighted by Gasteiger charge is 2.71. The molecule has 0 bridgehead atoms. The van der Waals surface area contributed by atoms with Gasteiger partial charge in [-0.15, -0.1) is 0 Å². The van der Waals surface area contributed by atoms with E-state index < -0.39 is 0 Å². The van der Waals surface area contributed by atoms with E-state index in [1.54, 1.807) is 6.92 Å². The summed E-state index contributed by atoms with van der Waals surface area (Å²) in [5, 5.41) is 3.91. The van der Waals surface area contributed by atoms with Crippen LogP contribution >= 0.6 is 0 Å². The number of hydrogen-bond donors (Lipinski definition) is 0. The molecule has 7 nitrogen and oxygen atoms in total. The largest absolute Gasteiger partial charge is 0.465 e. The van der Waals surface area contributed by atoms with Crippen molar-refractivity contribution in [1.29, 1.82) is 0 Å². The standard InChI is InChI=1S/C34H53N3O4/c1-21(19-36-37-35)24-11-16-34(20-40-22(2)38)18-17-32(7)25(29(24)34)9-10-27-31(6)14-13-28(41-23(3)39)30(4,5)26(31)12-15-33(27,32)8/h24-29H,1,9-20H2,2-8H3/t24-,25+,26-,27+,28-,29+,31-,32+,33+,34+/m0/s1. The molecule has 5 aliphatic carbocycles. The van der Waals surface area contributed by atoms with Crippen LogP contribution < -0.4 is 0 Å². The Kier molecular flexibility index (Phi) is 7.66. The highest BCUT2D eigenvalue weighted by Crippen LogP contribution is 2.77. The third kappa shape index (κ3) is 4.46. The fourth-order valence-corrected chi connectivity index (χ4v) is 12.3. The van der Waals surface area contributed by atoms with E-state index >= 15 is 0 Å². The lowest BCUT2D eigenvalue weighted by atomic mass is 9.32. The molecule has 0 saturated heterocycles. The molecule has 0 aliphatic heterocycles. The summed E-state index contributed by atoms with van der Waals surface area (Å²) in [5.74, 6) is 2.01. The van der Waals surface area contributed by atoms with Crippen molar-refractivity contribution in [3.63, 3.8) is 0 Å². The Bertz CT molecular complexity index is 1140. The zero-order valence-electron chi connectivity index (χ0n) is 26.6. The van der Waals surface area contributed by atoms with Gasteiger partial charge >= 0.3 is 11.9 Å². The Labute approximate surface area is 247 Å². The highest BCUT2D eigenvalue weighted by molar-refractivity contribution is 5.66. The Morgan fingerprint density at radius 3 is 2.27 bits per heavy atom. The number of hydrogen-bond acceptors (Lipinski definition) is 5. The van der Waals surface area contributed by atoms with Gasteiger partial charge in [-0.25, -0.2) is 0 Å². The van der Waals surface area contributed by atoms with Crippen LogP contribution in [0.25, 0.3) is 10.4 Å². The van der Waals surface area contributed by atoms with Crippen molar-refractivity contribution < 1.29 is 19.1 Å². The maximum Gasteiger partial charge on any atom is 0.302 e. The SMILES string of the molecule is C=C(CN=[N+]=[N-])[C@@H]1CC[C@]2(COC(C)=O)CC[C@]3(C)[C@H](CC[C@@H]4[C@@]5(C)CC[C@H](OC(C)=O)C(C)(C)[C@@H]5CC[C@]43C)[C@@H]12. The van der Waals surface area contributed by atoms with Crippen LogP contribution in [0.5, 0.6) is 0 Å². The minimum Gasteiger partial charge on any atom is -0.465 e. The fourth-order valence-electron chi connectivity index (χ4n) is 12.3. The normalized spacial score (nSPS) is 46.0. The van der Waals surface area contributed by atoms with Crippen molar-refractivity contribution in [3.05, 3.63) is 22.6 Å². The van der Waals surface area contributed by atoms with Crippen LogP contribution in [0.2, 0.25) is 0 Å². The van der Waals surface area contributed by atoms with Gasteiger partial charge in [0, 0.05) is 36.1 Å². The van der Waals surface area contributed by atoms with Crippen molar-refractivity contribution in [3.8, 4) is 0 Å². The van der Waals surface area contributed by atoms with Gasteiger partial charge < -0.3 is 9.47 Å². The van der Waals surface area contributed by atoms with Crippen molar-refractivity contribution in [2.45, 2.75) is 119 Å². The molecule has 0 unspecified atom stereocenters. The van der Waals surface area contributed by atoms with E-state index in [9.17, 15) is 9.59 Å². The Morgan fingerprint density at radius 1 is 0.878 bits per heavy atom. The maximum absolute atomic E-state index is 12.0. The average Bonchev–Trinajstić information content (AvgIpc) is 3.28. The highest BCUT2D eigenvalue weighted by atomic mass is 16.5. The van der Waals surface area contributed by atoms with E-state index in [1.807, 2.05) is 0 Å². The Hall–Kier alpha value is -2.01. The summed E-state index contributed by atoms with van der Waals surface area (Å²) in [6.07, 6.45) is 11.2. The monoisotopic (exact) mass is 567 g/mol. The second kappa shape index (κ2) is 10.3. The lowest BCUT2D eigenvalue weighted by molar-refractivity contribution is -0.252. The molecule has 7 heteroatoms. The first-order valence-electron chi connectivity index (χ1n) is 16.2. The minimum absolute atomic E-state index is 0.00717. The molecule has 5 rings (SSSR count). The Morgan fingerprint density at radius 2 is 1.61 bits per heavy atom. The van der Waals surface area contributed by atoms with Gasteiger partial charge in [0.15, 0.2) is 0 Å². The van der Waals surface area contributed by atoms with E-state index in [2.05, 4.69) is 51.2 Å². The third-order valence-corrected chi connectivity index (χ3v) is 14.3. The lowest BCUT2D eigenvalue weighted by Crippen LogP contribution is -2.67. The number of ether oxygens (including phenoxy) is 2. The fraction of sp³-hybridized carbons (Fsp3) is 0.882. The molecule has 5 fully saturated rings. The smallest absolute Gasteiger partial charge is 0.302 e. The Balaban J connectivity index is 1.50. The zero-order chi connectivity index (χ0) is 30.0. The van der Waals surface area contributed by atoms with Crippen molar-refractivity contribution >= 4 is 11.9 Å². The molecule has 5 aliphatic rings. The number of rotatable bonds is 6. The molecule has 0 aromatic carbocycles. The summed E-state index contributed by atoms with van der Waals surface area (Å²) in [7, 11) is 0. The molecule has 0 heterocycles. The van der Waals surface area contributed by atoms with Gasteiger partial charge in [0.25, 0.3) is 0 Å². The molecule has 228 valence electrons. The molecule has 0 aromatic rings. The lowest BCUT2D eigenvalue weighted by Gasteiger charge is -2.73. The van der Waals surface area contributed by atoms with Gasteiger partial charge in [0.2, 0.25) is 0 Å². The first-order chi connectivity index (χ1) is 19.2.